The number of ether oxygens (including phenoxy) is 2. The average Bonchev–Trinajstić information content (AvgIpc) is 2.49. The van der Waals surface area contributed by atoms with Gasteiger partial charge in [0.2, 0.25) is 0 Å². The first kappa shape index (κ1) is 15.3. The predicted molar refractivity (Wildman–Crippen MR) is 79.0 cm³/mol. The second-order valence-electron chi connectivity index (χ2n) is 5.25. The molecule has 1 atom stereocenters. The van der Waals surface area contributed by atoms with E-state index in [0.717, 1.165) is 37.2 Å². The minimum absolute atomic E-state index is 0.383. The van der Waals surface area contributed by atoms with Crippen molar-refractivity contribution in [2.45, 2.75) is 32.0 Å². The smallest absolute Gasteiger partial charge is 0.119 e. The summed E-state index contributed by atoms with van der Waals surface area (Å²) < 4.78 is 10.8. The minimum atomic E-state index is -0.440. The van der Waals surface area contributed by atoms with Crippen LogP contribution in [0.1, 0.15) is 31.4 Å². The third kappa shape index (κ3) is 4.20. The van der Waals surface area contributed by atoms with Crippen molar-refractivity contribution in [1.29, 1.82) is 0 Å². The molecule has 1 aromatic carbocycles. The van der Waals surface area contributed by atoms with E-state index in [9.17, 15) is 5.11 Å². The van der Waals surface area contributed by atoms with Crippen molar-refractivity contribution in [1.82, 2.24) is 4.90 Å². The molecule has 0 aliphatic carbocycles. The molecule has 0 radical (unpaired) electrons. The largest absolute Gasteiger partial charge is 0.494 e. The van der Waals surface area contributed by atoms with E-state index >= 15 is 0 Å². The van der Waals surface area contributed by atoms with E-state index in [4.69, 9.17) is 9.47 Å². The maximum absolute atomic E-state index is 10.3. The van der Waals surface area contributed by atoms with Gasteiger partial charge in [0.25, 0.3) is 0 Å². The number of piperidine rings is 1. The van der Waals surface area contributed by atoms with E-state index in [1.165, 1.54) is 0 Å². The lowest BCUT2D eigenvalue weighted by atomic mass is 10.0. The van der Waals surface area contributed by atoms with E-state index in [0.29, 0.717) is 19.3 Å². The van der Waals surface area contributed by atoms with Crippen LogP contribution in [0.25, 0.3) is 0 Å². The molecule has 1 fully saturated rings. The van der Waals surface area contributed by atoms with E-state index in [1.807, 2.05) is 31.2 Å². The van der Waals surface area contributed by atoms with Crippen LogP contribution in [0.5, 0.6) is 5.75 Å². The first-order valence-electron chi connectivity index (χ1n) is 7.39. The number of nitrogens with zero attached hydrogens (tertiary/aromatic N) is 1. The SMILES string of the molecule is CCOc1ccc(C(O)CN2CCC(OC)CC2)cc1. The third-order valence-electron chi connectivity index (χ3n) is 3.87. The quantitative estimate of drug-likeness (QED) is 0.867. The molecule has 1 aliphatic rings. The van der Waals surface area contributed by atoms with Crippen LogP contribution in [0.4, 0.5) is 0 Å². The highest BCUT2D eigenvalue weighted by Gasteiger charge is 2.21. The molecule has 0 bridgehead atoms. The van der Waals surface area contributed by atoms with Gasteiger partial charge in [-0.15, -0.1) is 0 Å². The predicted octanol–water partition coefficient (Wildman–Crippen LogP) is 2.23. The molecular formula is C16H25NO3. The molecule has 0 spiro atoms. The first-order valence-corrected chi connectivity index (χ1v) is 7.39. The van der Waals surface area contributed by atoms with Crippen LogP contribution in [0, 0.1) is 0 Å². The molecule has 4 nitrogen and oxygen atoms in total. The van der Waals surface area contributed by atoms with Gasteiger partial charge >= 0.3 is 0 Å². The number of methoxy groups -OCH3 is 1. The molecule has 1 saturated heterocycles. The summed E-state index contributed by atoms with van der Waals surface area (Å²) >= 11 is 0. The number of rotatable bonds is 6. The Morgan fingerprint density at radius 2 is 1.90 bits per heavy atom. The van der Waals surface area contributed by atoms with Gasteiger partial charge in [0.05, 0.1) is 18.8 Å². The number of β-amino-alcohol motifs (C(OH)–C–C–N with tert-alkyl or cyclic N) is 1. The second-order valence-corrected chi connectivity index (χ2v) is 5.25. The summed E-state index contributed by atoms with van der Waals surface area (Å²) in [7, 11) is 1.77. The highest BCUT2D eigenvalue weighted by atomic mass is 16.5. The zero-order valence-electron chi connectivity index (χ0n) is 12.4. The van der Waals surface area contributed by atoms with E-state index in [2.05, 4.69) is 4.90 Å². The molecule has 0 saturated carbocycles. The summed E-state index contributed by atoms with van der Waals surface area (Å²) in [6, 6.07) is 7.72. The van der Waals surface area contributed by atoms with Crippen molar-refractivity contribution in [2.24, 2.45) is 0 Å². The van der Waals surface area contributed by atoms with Crippen molar-refractivity contribution in [3.63, 3.8) is 0 Å². The third-order valence-corrected chi connectivity index (χ3v) is 3.87. The number of likely N-dealkylation sites (tertiary alicyclic amines) is 1. The molecular weight excluding hydrogens is 254 g/mol. The lowest BCUT2D eigenvalue weighted by molar-refractivity contribution is 0.0242. The fraction of sp³-hybridized carbons (Fsp3) is 0.625. The Bertz CT molecular complexity index is 385. The molecule has 20 heavy (non-hydrogen) atoms. The van der Waals surface area contributed by atoms with Crippen molar-refractivity contribution in [2.75, 3.05) is 33.4 Å². The van der Waals surface area contributed by atoms with Crippen LogP contribution >= 0.6 is 0 Å². The first-order chi connectivity index (χ1) is 9.72. The molecule has 0 amide bonds. The van der Waals surface area contributed by atoms with Gasteiger partial charge < -0.3 is 19.5 Å². The van der Waals surface area contributed by atoms with Crippen molar-refractivity contribution in [3.8, 4) is 5.75 Å². The van der Waals surface area contributed by atoms with Crippen LogP contribution in [0.2, 0.25) is 0 Å². The fourth-order valence-electron chi connectivity index (χ4n) is 2.63. The van der Waals surface area contributed by atoms with Crippen LogP contribution in [-0.2, 0) is 4.74 Å². The van der Waals surface area contributed by atoms with E-state index < -0.39 is 6.10 Å². The normalized spacial score (nSPS) is 18.9. The van der Waals surface area contributed by atoms with Crippen molar-refractivity contribution in [3.05, 3.63) is 29.8 Å². The number of aliphatic hydroxyl groups is 1. The summed E-state index contributed by atoms with van der Waals surface area (Å²) in [4.78, 5) is 2.30. The van der Waals surface area contributed by atoms with Crippen LogP contribution in [-0.4, -0.2) is 49.5 Å². The summed E-state index contributed by atoms with van der Waals surface area (Å²) in [5.74, 6) is 0.851. The number of aliphatic hydroxyl groups excluding tert-OH is 1. The van der Waals surface area contributed by atoms with Gasteiger partial charge in [-0.05, 0) is 37.5 Å². The van der Waals surface area contributed by atoms with Gasteiger partial charge in [-0.25, -0.2) is 0 Å². The lowest BCUT2D eigenvalue weighted by Gasteiger charge is -2.32. The highest BCUT2D eigenvalue weighted by Crippen LogP contribution is 2.21. The van der Waals surface area contributed by atoms with E-state index in [-0.39, 0.29) is 0 Å². The summed E-state index contributed by atoms with van der Waals surface area (Å²) in [5.41, 5.74) is 0.947. The van der Waals surface area contributed by atoms with Crippen molar-refractivity contribution < 1.29 is 14.6 Å². The summed E-state index contributed by atoms with van der Waals surface area (Å²) in [6.45, 7) is 5.30. The highest BCUT2D eigenvalue weighted by molar-refractivity contribution is 5.28. The van der Waals surface area contributed by atoms with Gasteiger partial charge in [-0.2, -0.15) is 0 Å². The molecule has 0 aromatic heterocycles. The Labute approximate surface area is 121 Å². The second kappa shape index (κ2) is 7.62. The standard InChI is InChI=1S/C16H25NO3/c1-3-20-15-6-4-13(5-7-15)16(18)12-17-10-8-14(19-2)9-11-17/h4-7,14,16,18H,3,8-12H2,1-2H3. The molecule has 1 aliphatic heterocycles. The Morgan fingerprint density at radius 1 is 1.25 bits per heavy atom. The molecule has 2 rings (SSSR count). The summed E-state index contributed by atoms with van der Waals surface area (Å²) in [5, 5.41) is 10.3. The zero-order chi connectivity index (χ0) is 14.4. The van der Waals surface area contributed by atoms with Gasteiger partial charge in [0, 0.05) is 26.7 Å². The molecule has 1 aromatic rings. The molecule has 4 heteroatoms. The van der Waals surface area contributed by atoms with E-state index in [1.54, 1.807) is 7.11 Å². The van der Waals surface area contributed by atoms with Crippen LogP contribution in [0.15, 0.2) is 24.3 Å². The Morgan fingerprint density at radius 3 is 2.45 bits per heavy atom. The van der Waals surface area contributed by atoms with Crippen LogP contribution < -0.4 is 4.74 Å². The lowest BCUT2D eigenvalue weighted by Crippen LogP contribution is -2.38. The number of hydrogen-bond donors (Lipinski definition) is 1. The summed E-state index contributed by atoms with van der Waals surface area (Å²) in [6.07, 6.45) is 2.04. The number of benzene rings is 1. The topological polar surface area (TPSA) is 41.9 Å². The monoisotopic (exact) mass is 279 g/mol. The molecule has 1 heterocycles. The zero-order valence-corrected chi connectivity index (χ0v) is 12.4. The Balaban J connectivity index is 1.83. The molecule has 112 valence electrons. The number of hydrogen-bond acceptors (Lipinski definition) is 4. The maximum atomic E-state index is 10.3. The van der Waals surface area contributed by atoms with Gasteiger partial charge in [0.1, 0.15) is 5.75 Å². The van der Waals surface area contributed by atoms with Gasteiger partial charge in [0.15, 0.2) is 0 Å². The van der Waals surface area contributed by atoms with Gasteiger partial charge in [-0.1, -0.05) is 12.1 Å². The minimum Gasteiger partial charge on any atom is -0.494 e. The van der Waals surface area contributed by atoms with Crippen molar-refractivity contribution >= 4 is 0 Å². The average molecular weight is 279 g/mol. The molecule has 1 N–H and O–H groups in total. The Hall–Kier alpha value is -1.10. The Kier molecular flexibility index (Phi) is 5.83. The van der Waals surface area contributed by atoms with Crippen LogP contribution in [0.3, 0.4) is 0 Å². The van der Waals surface area contributed by atoms with Gasteiger partial charge in [-0.3, -0.25) is 0 Å². The fourth-order valence-corrected chi connectivity index (χ4v) is 2.63. The molecule has 1 unspecified atom stereocenters. The maximum Gasteiger partial charge on any atom is 0.119 e.